The molecule has 1 aliphatic heterocycles. The summed E-state index contributed by atoms with van der Waals surface area (Å²) in [6, 6.07) is -1.28. The lowest BCUT2D eigenvalue weighted by Gasteiger charge is -2.20. The SMILES string of the molecule is O=CCCC(=O)NC(CC(=O)O)C(=O)NC12CC1CNC2=O. The molecule has 1 saturated heterocycles. The Hall–Kier alpha value is -2.45. The Morgan fingerprint density at radius 1 is 1.45 bits per heavy atom. The summed E-state index contributed by atoms with van der Waals surface area (Å²) in [5.41, 5.74) is -0.957. The van der Waals surface area contributed by atoms with E-state index in [1.807, 2.05) is 0 Å². The normalized spacial score (nSPS) is 26.4. The van der Waals surface area contributed by atoms with Crippen LogP contribution >= 0.6 is 0 Å². The minimum Gasteiger partial charge on any atom is -0.481 e. The van der Waals surface area contributed by atoms with Crippen LogP contribution in [0.2, 0.25) is 0 Å². The summed E-state index contributed by atoms with van der Waals surface area (Å²) >= 11 is 0. The molecule has 0 aromatic carbocycles. The van der Waals surface area contributed by atoms with Gasteiger partial charge in [0, 0.05) is 25.3 Å². The first-order valence-corrected chi connectivity index (χ1v) is 6.94. The average Bonchev–Trinajstić information content (AvgIpc) is 3.07. The summed E-state index contributed by atoms with van der Waals surface area (Å²) in [6.45, 7) is 0.481. The third kappa shape index (κ3) is 3.23. The number of amides is 3. The highest BCUT2D eigenvalue weighted by Crippen LogP contribution is 2.46. The van der Waals surface area contributed by atoms with E-state index >= 15 is 0 Å². The number of carbonyl (C=O) groups excluding carboxylic acids is 4. The Labute approximate surface area is 125 Å². The summed E-state index contributed by atoms with van der Waals surface area (Å²) in [5, 5.41) is 16.3. The molecule has 4 N–H and O–H groups in total. The molecule has 2 rings (SSSR count). The van der Waals surface area contributed by atoms with Crippen LogP contribution in [-0.4, -0.2) is 53.2 Å². The quantitative estimate of drug-likeness (QED) is 0.379. The third-order valence-corrected chi connectivity index (χ3v) is 3.89. The number of aliphatic carboxylic acids is 1. The van der Waals surface area contributed by atoms with Crippen LogP contribution < -0.4 is 16.0 Å². The van der Waals surface area contributed by atoms with Crippen LogP contribution in [0.15, 0.2) is 0 Å². The molecule has 1 aliphatic carbocycles. The first-order chi connectivity index (χ1) is 10.4. The van der Waals surface area contributed by atoms with Gasteiger partial charge in [0.2, 0.25) is 17.7 Å². The summed E-state index contributed by atoms with van der Waals surface area (Å²) in [6.07, 6.45) is 0.343. The van der Waals surface area contributed by atoms with Crippen LogP contribution in [0.3, 0.4) is 0 Å². The molecule has 0 aromatic heterocycles. The number of nitrogens with one attached hydrogen (secondary N) is 3. The molecule has 9 heteroatoms. The number of piperidine rings is 1. The van der Waals surface area contributed by atoms with Crippen molar-refractivity contribution in [2.75, 3.05) is 6.54 Å². The molecule has 0 aromatic rings. The minimum atomic E-state index is -1.28. The fourth-order valence-electron chi connectivity index (χ4n) is 2.59. The summed E-state index contributed by atoms with van der Waals surface area (Å²) in [4.78, 5) is 56.5. The smallest absolute Gasteiger partial charge is 0.305 e. The minimum absolute atomic E-state index is 0.0122. The average molecular weight is 311 g/mol. The van der Waals surface area contributed by atoms with Gasteiger partial charge in [0.1, 0.15) is 17.9 Å². The number of carbonyl (C=O) groups is 5. The van der Waals surface area contributed by atoms with Crippen molar-refractivity contribution in [1.29, 1.82) is 0 Å². The van der Waals surface area contributed by atoms with Crippen molar-refractivity contribution in [2.45, 2.75) is 37.3 Å². The maximum atomic E-state index is 12.2. The Kier molecular flexibility index (Phi) is 4.43. The Bertz CT molecular complexity index is 534. The third-order valence-electron chi connectivity index (χ3n) is 3.89. The molecule has 0 radical (unpaired) electrons. The molecule has 1 saturated carbocycles. The molecule has 0 bridgehead atoms. The van der Waals surface area contributed by atoms with Crippen molar-refractivity contribution >= 4 is 30.0 Å². The van der Waals surface area contributed by atoms with Crippen molar-refractivity contribution in [3.05, 3.63) is 0 Å². The van der Waals surface area contributed by atoms with E-state index in [1.165, 1.54) is 0 Å². The standard InChI is InChI=1S/C13H17N3O6/c17-3-1-2-9(18)15-8(4-10(19)20)11(21)16-13-5-7(13)6-14-12(13)22/h3,7-8H,1-2,4-6H2,(H,14,22)(H,15,18)(H,16,21)(H,19,20). The zero-order valence-electron chi connectivity index (χ0n) is 11.8. The van der Waals surface area contributed by atoms with Gasteiger partial charge in [0.25, 0.3) is 0 Å². The molecule has 2 fully saturated rings. The number of aldehydes is 1. The van der Waals surface area contributed by atoms with Gasteiger partial charge >= 0.3 is 5.97 Å². The second kappa shape index (κ2) is 6.12. The van der Waals surface area contributed by atoms with Crippen LogP contribution in [-0.2, 0) is 24.0 Å². The fourth-order valence-corrected chi connectivity index (χ4v) is 2.59. The topological polar surface area (TPSA) is 142 Å². The van der Waals surface area contributed by atoms with Gasteiger partial charge < -0.3 is 25.9 Å². The molecule has 3 amide bonds. The Morgan fingerprint density at radius 2 is 2.18 bits per heavy atom. The summed E-state index contributed by atoms with van der Waals surface area (Å²) < 4.78 is 0. The lowest BCUT2D eigenvalue weighted by atomic mass is 10.1. The van der Waals surface area contributed by atoms with Crippen molar-refractivity contribution in [3.63, 3.8) is 0 Å². The number of hydrogen-bond acceptors (Lipinski definition) is 5. The predicted octanol–water partition coefficient (Wildman–Crippen LogP) is -2.07. The number of fused-ring (bicyclic) bond motifs is 1. The Morgan fingerprint density at radius 3 is 2.68 bits per heavy atom. The molecule has 1 heterocycles. The predicted molar refractivity (Wildman–Crippen MR) is 71.5 cm³/mol. The van der Waals surface area contributed by atoms with Gasteiger partial charge in [-0.3, -0.25) is 19.2 Å². The van der Waals surface area contributed by atoms with Gasteiger partial charge in [-0.2, -0.15) is 0 Å². The number of hydrogen-bond donors (Lipinski definition) is 4. The first kappa shape index (κ1) is 15.9. The highest BCUT2D eigenvalue weighted by molar-refractivity contribution is 5.99. The van der Waals surface area contributed by atoms with Crippen molar-refractivity contribution < 1.29 is 29.1 Å². The first-order valence-electron chi connectivity index (χ1n) is 6.94. The van der Waals surface area contributed by atoms with Crippen LogP contribution in [0.1, 0.15) is 25.7 Å². The van der Waals surface area contributed by atoms with E-state index in [4.69, 9.17) is 5.11 Å². The van der Waals surface area contributed by atoms with Gasteiger partial charge in [-0.15, -0.1) is 0 Å². The van der Waals surface area contributed by atoms with Gasteiger partial charge in [-0.1, -0.05) is 0 Å². The maximum absolute atomic E-state index is 12.2. The van der Waals surface area contributed by atoms with Crippen molar-refractivity contribution in [1.82, 2.24) is 16.0 Å². The van der Waals surface area contributed by atoms with Crippen LogP contribution in [0, 0.1) is 5.92 Å². The van der Waals surface area contributed by atoms with Gasteiger partial charge in [-0.05, 0) is 6.42 Å². The lowest BCUT2D eigenvalue weighted by molar-refractivity contribution is -0.141. The molecular weight excluding hydrogens is 294 g/mol. The Balaban J connectivity index is 1.97. The zero-order valence-corrected chi connectivity index (χ0v) is 11.8. The summed E-state index contributed by atoms with van der Waals surface area (Å²) in [5.74, 6) is -2.82. The van der Waals surface area contributed by atoms with Gasteiger partial charge in [0.05, 0.1) is 6.42 Å². The van der Waals surface area contributed by atoms with Crippen LogP contribution in [0.4, 0.5) is 0 Å². The molecule has 0 spiro atoms. The molecular formula is C13H17N3O6. The molecule has 2 aliphatic rings. The van der Waals surface area contributed by atoms with E-state index in [9.17, 15) is 24.0 Å². The monoisotopic (exact) mass is 311 g/mol. The molecule has 120 valence electrons. The van der Waals surface area contributed by atoms with Crippen LogP contribution in [0.25, 0.3) is 0 Å². The molecule has 9 nitrogen and oxygen atoms in total. The highest BCUT2D eigenvalue weighted by Gasteiger charge is 2.65. The fraction of sp³-hybridized carbons (Fsp3) is 0.615. The maximum Gasteiger partial charge on any atom is 0.305 e. The van der Waals surface area contributed by atoms with Gasteiger partial charge in [0.15, 0.2) is 0 Å². The molecule has 3 unspecified atom stereocenters. The molecule has 3 atom stereocenters. The van der Waals surface area contributed by atoms with E-state index in [2.05, 4.69) is 16.0 Å². The van der Waals surface area contributed by atoms with E-state index in [0.717, 1.165) is 0 Å². The van der Waals surface area contributed by atoms with E-state index in [1.54, 1.807) is 0 Å². The van der Waals surface area contributed by atoms with Crippen LogP contribution in [0.5, 0.6) is 0 Å². The summed E-state index contributed by atoms with van der Waals surface area (Å²) in [7, 11) is 0. The second-order valence-corrected chi connectivity index (χ2v) is 5.49. The number of carboxylic acids is 1. The number of carboxylic acid groups (broad SMARTS) is 1. The van der Waals surface area contributed by atoms with Crippen molar-refractivity contribution in [3.8, 4) is 0 Å². The lowest BCUT2D eigenvalue weighted by Crippen LogP contribution is -2.54. The van der Waals surface area contributed by atoms with E-state index in [-0.39, 0.29) is 24.7 Å². The van der Waals surface area contributed by atoms with E-state index < -0.39 is 35.8 Å². The number of rotatable bonds is 8. The molecule has 22 heavy (non-hydrogen) atoms. The van der Waals surface area contributed by atoms with E-state index in [0.29, 0.717) is 19.3 Å². The second-order valence-electron chi connectivity index (χ2n) is 5.49. The van der Waals surface area contributed by atoms with Gasteiger partial charge in [-0.25, -0.2) is 0 Å². The highest BCUT2D eigenvalue weighted by atomic mass is 16.4. The van der Waals surface area contributed by atoms with Crippen molar-refractivity contribution in [2.24, 2.45) is 5.92 Å². The largest absolute Gasteiger partial charge is 0.481 e. The zero-order chi connectivity index (χ0) is 16.3.